The summed E-state index contributed by atoms with van der Waals surface area (Å²) in [5.74, 6) is 2.67. The summed E-state index contributed by atoms with van der Waals surface area (Å²) in [6.07, 6.45) is 6.63. The molecule has 2 aromatic heterocycles. The van der Waals surface area contributed by atoms with Crippen molar-refractivity contribution in [2.24, 2.45) is 4.99 Å². The van der Waals surface area contributed by atoms with Gasteiger partial charge in [0, 0.05) is 57.9 Å². The van der Waals surface area contributed by atoms with E-state index < -0.39 is 0 Å². The molecule has 3 aromatic rings. The number of aromatic nitrogens is 3. The number of imidazole rings is 1. The number of hydrogen-bond acceptors (Lipinski definition) is 4. The standard InChI is InChI=1S/C23H28ClN7.HI/c1-17-26-10-12-30(17)15-19-6-3-5-18(13-19)14-28-23(25-2)29-20-8-11-31(16-20)22-21(24)7-4-9-27-22;/h3-7,9-10,12-13,20H,8,11,14-16H2,1-2H3,(H2,25,28,29);1H. The molecular formula is C23H29ClIN7. The molecule has 7 nitrogen and oxygen atoms in total. The molecule has 3 heterocycles. The van der Waals surface area contributed by atoms with Gasteiger partial charge < -0.3 is 20.1 Å². The second-order valence-electron chi connectivity index (χ2n) is 7.73. The zero-order chi connectivity index (χ0) is 21.6. The summed E-state index contributed by atoms with van der Waals surface area (Å²) in [5, 5.41) is 7.65. The highest BCUT2D eigenvalue weighted by Crippen LogP contribution is 2.25. The highest BCUT2D eigenvalue weighted by molar-refractivity contribution is 14.0. The van der Waals surface area contributed by atoms with Gasteiger partial charge in [-0.25, -0.2) is 9.97 Å². The van der Waals surface area contributed by atoms with Gasteiger partial charge >= 0.3 is 0 Å². The Hall–Kier alpha value is -2.33. The number of pyridine rings is 1. The van der Waals surface area contributed by atoms with Gasteiger partial charge in [0.25, 0.3) is 0 Å². The lowest BCUT2D eigenvalue weighted by Crippen LogP contribution is -2.44. The Morgan fingerprint density at radius 3 is 2.78 bits per heavy atom. The third-order valence-electron chi connectivity index (χ3n) is 5.52. The summed E-state index contributed by atoms with van der Waals surface area (Å²) in [5.41, 5.74) is 2.47. The van der Waals surface area contributed by atoms with Crippen molar-refractivity contribution in [3.63, 3.8) is 0 Å². The van der Waals surface area contributed by atoms with Crippen LogP contribution in [0.5, 0.6) is 0 Å². The SMILES string of the molecule is CN=C(NCc1cccc(Cn2ccnc2C)c1)NC1CCN(c2ncccc2Cl)C1.I. The molecule has 1 unspecified atom stereocenters. The smallest absolute Gasteiger partial charge is 0.191 e. The lowest BCUT2D eigenvalue weighted by Gasteiger charge is -2.20. The normalized spacial score (nSPS) is 16.0. The van der Waals surface area contributed by atoms with Crippen LogP contribution >= 0.6 is 35.6 Å². The van der Waals surface area contributed by atoms with Crippen LogP contribution in [-0.4, -0.2) is 46.7 Å². The minimum Gasteiger partial charge on any atom is -0.353 e. The molecule has 0 spiro atoms. The molecule has 0 saturated carbocycles. The first-order valence-corrected chi connectivity index (χ1v) is 10.9. The first kappa shape index (κ1) is 24.3. The highest BCUT2D eigenvalue weighted by atomic mass is 127. The van der Waals surface area contributed by atoms with Crippen LogP contribution in [-0.2, 0) is 13.1 Å². The Labute approximate surface area is 211 Å². The molecule has 0 amide bonds. The zero-order valence-electron chi connectivity index (χ0n) is 18.3. The monoisotopic (exact) mass is 565 g/mol. The van der Waals surface area contributed by atoms with Crippen molar-refractivity contribution >= 4 is 47.4 Å². The highest BCUT2D eigenvalue weighted by Gasteiger charge is 2.25. The van der Waals surface area contributed by atoms with Crippen molar-refractivity contribution in [1.82, 2.24) is 25.2 Å². The largest absolute Gasteiger partial charge is 0.353 e. The third kappa shape index (κ3) is 6.13. The van der Waals surface area contributed by atoms with Gasteiger partial charge in [-0.3, -0.25) is 4.99 Å². The molecule has 32 heavy (non-hydrogen) atoms. The number of halogens is 2. The number of hydrogen-bond donors (Lipinski definition) is 2. The average Bonchev–Trinajstić information content (AvgIpc) is 3.41. The molecule has 0 bridgehead atoms. The molecule has 170 valence electrons. The Kier molecular flexibility index (Phi) is 8.75. The zero-order valence-corrected chi connectivity index (χ0v) is 21.4. The van der Waals surface area contributed by atoms with Crippen LogP contribution in [0.3, 0.4) is 0 Å². The summed E-state index contributed by atoms with van der Waals surface area (Å²) in [4.78, 5) is 15.3. The number of benzene rings is 1. The van der Waals surface area contributed by atoms with Crippen LogP contribution in [0.15, 0.2) is 60.0 Å². The molecule has 1 atom stereocenters. The maximum Gasteiger partial charge on any atom is 0.191 e. The number of nitrogens with zero attached hydrogens (tertiary/aromatic N) is 5. The summed E-state index contributed by atoms with van der Waals surface area (Å²) < 4.78 is 2.15. The molecule has 1 aromatic carbocycles. The number of nitrogens with one attached hydrogen (secondary N) is 2. The first-order chi connectivity index (χ1) is 15.1. The Morgan fingerprint density at radius 1 is 1.19 bits per heavy atom. The van der Waals surface area contributed by atoms with E-state index in [0.717, 1.165) is 43.7 Å². The minimum atomic E-state index is 0. The van der Waals surface area contributed by atoms with Gasteiger partial charge in [0.05, 0.1) is 5.02 Å². The quantitative estimate of drug-likeness (QED) is 0.270. The Bertz CT molecular complexity index is 1050. The molecular weight excluding hydrogens is 537 g/mol. The maximum absolute atomic E-state index is 6.30. The van der Waals surface area contributed by atoms with Crippen molar-refractivity contribution in [3.05, 3.63) is 77.0 Å². The van der Waals surface area contributed by atoms with Crippen molar-refractivity contribution in [1.29, 1.82) is 0 Å². The average molecular weight is 566 g/mol. The molecule has 4 rings (SSSR count). The van der Waals surface area contributed by atoms with Gasteiger partial charge in [-0.15, -0.1) is 24.0 Å². The molecule has 2 N–H and O–H groups in total. The minimum absolute atomic E-state index is 0. The van der Waals surface area contributed by atoms with Gasteiger partial charge in [0.15, 0.2) is 5.96 Å². The third-order valence-corrected chi connectivity index (χ3v) is 5.81. The fourth-order valence-electron chi connectivity index (χ4n) is 3.86. The number of anilines is 1. The van der Waals surface area contributed by atoms with E-state index in [2.05, 4.69) is 59.3 Å². The van der Waals surface area contributed by atoms with Gasteiger partial charge in [-0.1, -0.05) is 35.9 Å². The Balaban J connectivity index is 0.00000289. The van der Waals surface area contributed by atoms with E-state index in [1.165, 1.54) is 11.1 Å². The predicted octanol–water partition coefficient (Wildman–Crippen LogP) is 3.85. The summed E-state index contributed by atoms with van der Waals surface area (Å²) >= 11 is 6.30. The van der Waals surface area contributed by atoms with Crippen molar-refractivity contribution < 1.29 is 0 Å². The van der Waals surface area contributed by atoms with E-state index in [4.69, 9.17) is 11.6 Å². The van der Waals surface area contributed by atoms with Gasteiger partial charge in [-0.05, 0) is 36.6 Å². The molecule has 1 saturated heterocycles. The van der Waals surface area contributed by atoms with Crippen LogP contribution in [0.4, 0.5) is 5.82 Å². The molecule has 1 aliphatic rings. The summed E-state index contributed by atoms with van der Waals surface area (Å²) in [6.45, 7) is 5.31. The fraction of sp³-hybridized carbons (Fsp3) is 0.348. The second-order valence-corrected chi connectivity index (χ2v) is 8.14. The lowest BCUT2D eigenvalue weighted by atomic mass is 10.1. The van der Waals surface area contributed by atoms with Crippen LogP contribution in [0, 0.1) is 6.92 Å². The molecule has 1 aliphatic heterocycles. The van der Waals surface area contributed by atoms with Crippen molar-refractivity contribution in [2.75, 3.05) is 25.0 Å². The lowest BCUT2D eigenvalue weighted by molar-refractivity contribution is 0.648. The number of rotatable bonds is 6. The molecule has 1 fully saturated rings. The van der Waals surface area contributed by atoms with E-state index in [9.17, 15) is 0 Å². The van der Waals surface area contributed by atoms with E-state index in [1.807, 2.05) is 31.5 Å². The van der Waals surface area contributed by atoms with Gasteiger partial charge in [-0.2, -0.15) is 0 Å². The van der Waals surface area contributed by atoms with E-state index in [1.54, 1.807) is 13.2 Å². The van der Waals surface area contributed by atoms with E-state index in [0.29, 0.717) is 17.6 Å². The summed E-state index contributed by atoms with van der Waals surface area (Å²) in [6, 6.07) is 12.6. The van der Waals surface area contributed by atoms with Crippen LogP contribution in [0.1, 0.15) is 23.4 Å². The fourth-order valence-corrected chi connectivity index (χ4v) is 4.10. The number of aliphatic imine (C=N–C) groups is 1. The van der Waals surface area contributed by atoms with Crippen molar-refractivity contribution in [2.45, 2.75) is 32.5 Å². The van der Waals surface area contributed by atoms with Gasteiger partial charge in [0.2, 0.25) is 0 Å². The van der Waals surface area contributed by atoms with Crippen molar-refractivity contribution in [3.8, 4) is 0 Å². The first-order valence-electron chi connectivity index (χ1n) is 10.5. The van der Waals surface area contributed by atoms with Crippen LogP contribution in [0.2, 0.25) is 5.02 Å². The number of guanidine groups is 1. The second kappa shape index (κ2) is 11.5. The van der Waals surface area contributed by atoms with Gasteiger partial charge in [0.1, 0.15) is 11.6 Å². The molecule has 9 heteroatoms. The molecule has 0 radical (unpaired) electrons. The van der Waals surface area contributed by atoms with Crippen LogP contribution < -0.4 is 15.5 Å². The maximum atomic E-state index is 6.30. The van der Waals surface area contributed by atoms with E-state index >= 15 is 0 Å². The predicted molar refractivity (Wildman–Crippen MR) is 141 cm³/mol. The summed E-state index contributed by atoms with van der Waals surface area (Å²) in [7, 11) is 1.80. The molecule has 0 aliphatic carbocycles. The number of aryl methyl sites for hydroxylation is 1. The Morgan fingerprint density at radius 2 is 2.03 bits per heavy atom. The van der Waals surface area contributed by atoms with E-state index in [-0.39, 0.29) is 24.0 Å². The van der Waals surface area contributed by atoms with Crippen LogP contribution in [0.25, 0.3) is 0 Å². The topological polar surface area (TPSA) is 70.4 Å².